The van der Waals surface area contributed by atoms with Gasteiger partial charge in [0.2, 0.25) is 0 Å². The second-order valence-electron chi connectivity index (χ2n) is 17.8. The van der Waals surface area contributed by atoms with E-state index in [1.165, 1.54) is 0 Å². The van der Waals surface area contributed by atoms with Gasteiger partial charge >= 0.3 is 0 Å². The Hall–Kier alpha value is -5.69. The van der Waals surface area contributed by atoms with Crippen molar-refractivity contribution in [2.24, 2.45) is 15.8 Å². The normalized spacial score (nSPS) is 15.3. The van der Waals surface area contributed by atoms with Crippen LogP contribution in [-0.4, -0.2) is 83.2 Å². The molecule has 0 saturated carbocycles. The number of hydrogen-bond donors (Lipinski definition) is 3. The zero-order chi connectivity index (χ0) is 45.0. The van der Waals surface area contributed by atoms with Crippen LogP contribution in [0.1, 0.15) is 86.2 Å². The Bertz CT molecular complexity index is 2340. The first kappa shape index (κ1) is 45.8. The lowest BCUT2D eigenvalue weighted by molar-refractivity contribution is -0.108. The summed E-state index contributed by atoms with van der Waals surface area (Å²) in [6.45, 7) is 13.8. The molecule has 0 radical (unpaired) electrons. The first-order valence-corrected chi connectivity index (χ1v) is 21.5. The number of aldehydes is 1. The van der Waals surface area contributed by atoms with Gasteiger partial charge in [-0.3, -0.25) is 19.5 Å². The zero-order valence-corrected chi connectivity index (χ0v) is 38.6. The summed E-state index contributed by atoms with van der Waals surface area (Å²) < 4.78 is 24.5. The summed E-state index contributed by atoms with van der Waals surface area (Å²) >= 11 is 4.23. The van der Waals surface area contributed by atoms with Crippen molar-refractivity contribution in [1.82, 2.24) is 0 Å². The van der Waals surface area contributed by atoms with Crippen molar-refractivity contribution < 1.29 is 33.3 Å². The van der Waals surface area contributed by atoms with Gasteiger partial charge < -0.3 is 39.3 Å². The number of aliphatic imine (C=N–C) groups is 1. The van der Waals surface area contributed by atoms with E-state index in [2.05, 4.69) is 63.1 Å². The van der Waals surface area contributed by atoms with Crippen LogP contribution in [0.2, 0.25) is 0 Å². The minimum atomic E-state index is -0.401. The van der Waals surface area contributed by atoms with Gasteiger partial charge in [-0.15, -0.1) is 0 Å². The molecule has 330 valence electrons. The summed E-state index contributed by atoms with van der Waals surface area (Å²) in [7, 11) is 6.84. The lowest BCUT2D eigenvalue weighted by Gasteiger charge is -2.41. The summed E-state index contributed by atoms with van der Waals surface area (Å²) in [6, 6.07) is 21.0. The number of hydrogen-bond acceptors (Lipinski definition) is 11. The number of fused-ring (bicyclic) bond motifs is 5. The molecule has 0 aliphatic carbocycles. The van der Waals surface area contributed by atoms with Gasteiger partial charge in [-0.25, -0.2) is 0 Å². The topological polar surface area (TPSA) is 131 Å². The molecule has 0 fully saturated rings. The minimum absolute atomic E-state index is 0.0148. The molecule has 3 aliphatic rings. The van der Waals surface area contributed by atoms with Crippen molar-refractivity contribution in [2.45, 2.75) is 78.0 Å². The van der Waals surface area contributed by atoms with Crippen molar-refractivity contribution in [3.05, 3.63) is 89.0 Å². The van der Waals surface area contributed by atoms with Gasteiger partial charge in [0.15, 0.2) is 23.0 Å². The molecule has 2 N–H and O–H groups in total. The van der Waals surface area contributed by atoms with E-state index in [0.29, 0.717) is 71.7 Å². The largest absolute Gasteiger partial charge is 0.493 e. The van der Waals surface area contributed by atoms with Crippen molar-refractivity contribution in [3.63, 3.8) is 0 Å². The molecule has 3 heterocycles. The molecule has 4 aromatic rings. The van der Waals surface area contributed by atoms with E-state index in [9.17, 15) is 14.4 Å². The number of nitrogens with one attached hydrogen (secondary N) is 2. The van der Waals surface area contributed by atoms with Crippen LogP contribution in [0.15, 0.2) is 71.7 Å². The van der Waals surface area contributed by atoms with Crippen LogP contribution >= 0.6 is 12.6 Å². The second-order valence-corrected chi connectivity index (χ2v) is 19.0. The average molecular weight is 864 g/mol. The van der Waals surface area contributed by atoms with Gasteiger partial charge in [-0.1, -0.05) is 59.7 Å². The summed E-state index contributed by atoms with van der Waals surface area (Å²) in [6.07, 6.45) is 5.78. The molecule has 1 unspecified atom stereocenters. The number of amides is 2. The lowest BCUT2D eigenvalue weighted by atomic mass is 9.69. The summed E-state index contributed by atoms with van der Waals surface area (Å²) in [4.78, 5) is 46.0. The third kappa shape index (κ3) is 9.67. The first-order valence-electron chi connectivity index (χ1n) is 21.1. The van der Waals surface area contributed by atoms with E-state index >= 15 is 0 Å². The van der Waals surface area contributed by atoms with Crippen LogP contribution in [-0.2, 0) is 17.6 Å². The Morgan fingerprint density at radius 3 is 2.11 bits per heavy atom. The molecule has 2 amide bonds. The summed E-state index contributed by atoms with van der Waals surface area (Å²) in [5.74, 6) is 1.76. The van der Waals surface area contributed by atoms with Crippen LogP contribution in [0.3, 0.4) is 0 Å². The highest BCUT2D eigenvalue weighted by molar-refractivity contribution is 7.81. The van der Waals surface area contributed by atoms with Crippen LogP contribution in [0, 0.1) is 10.8 Å². The zero-order valence-electron chi connectivity index (χ0n) is 37.7. The molecule has 0 saturated heterocycles. The maximum atomic E-state index is 13.9. The number of anilines is 4. The van der Waals surface area contributed by atoms with E-state index < -0.39 is 10.8 Å². The number of nitrogens with zero attached hydrogens (tertiary/aromatic N) is 3. The Kier molecular flexibility index (Phi) is 13.8. The smallest absolute Gasteiger partial charge is 0.261 e. The third-order valence-corrected chi connectivity index (χ3v) is 12.5. The molecular weight excluding hydrogens is 803 g/mol. The minimum Gasteiger partial charge on any atom is -0.493 e. The predicted molar refractivity (Wildman–Crippen MR) is 253 cm³/mol. The fraction of sp³-hybridized carbons (Fsp3) is 0.429. The van der Waals surface area contributed by atoms with E-state index in [-0.39, 0.29) is 22.6 Å². The third-order valence-electron chi connectivity index (χ3n) is 12.3. The Morgan fingerprint density at radius 1 is 0.839 bits per heavy atom. The van der Waals surface area contributed by atoms with Crippen LogP contribution in [0.25, 0.3) is 0 Å². The number of carbonyl (C=O) groups is 3. The summed E-state index contributed by atoms with van der Waals surface area (Å²) in [5.41, 5.74) is 6.50. The van der Waals surface area contributed by atoms with Crippen LogP contribution in [0.5, 0.6) is 23.0 Å². The van der Waals surface area contributed by atoms with E-state index in [0.717, 1.165) is 53.7 Å². The molecule has 12 nitrogen and oxygen atoms in total. The predicted octanol–water partition coefficient (Wildman–Crippen LogP) is 9.46. The number of rotatable bonds is 15. The number of benzene rings is 4. The quantitative estimate of drug-likeness (QED) is 0.0791. The Balaban J connectivity index is 0.000000730. The fourth-order valence-corrected chi connectivity index (χ4v) is 7.77. The lowest BCUT2D eigenvalue weighted by Crippen LogP contribution is -2.42. The highest BCUT2D eigenvalue weighted by Gasteiger charge is 2.40. The standard InChI is InChI=1S/C43H49N5O6.C6H12OS/c1-42(2,24-53-38-21-32(45-6)30(19-36(38)51-7)40(49)47-16-15-27-17-28(44-5)13-14-34(27)47)43(3,4)25-54-39-22-33-31(20-37(39)52-8)41(50)48-29(23-46-33)18-26-11-9-10-12-35(26)48;1-6(2,8)4-3-5-7/h9-14,17,19-23,29,44-45H,15-16,18,24-25H2,1-8H3;5,8H,3-4H2,1-2H3. The summed E-state index contributed by atoms with van der Waals surface area (Å²) in [5, 5.41) is 6.37. The Morgan fingerprint density at radius 2 is 1.50 bits per heavy atom. The number of methoxy groups -OCH3 is 2. The monoisotopic (exact) mass is 863 g/mol. The van der Waals surface area contributed by atoms with Gasteiger partial charge in [-0.2, -0.15) is 12.6 Å². The van der Waals surface area contributed by atoms with Crippen molar-refractivity contribution in [2.75, 3.05) is 68.5 Å². The van der Waals surface area contributed by atoms with Crippen molar-refractivity contribution >= 4 is 65.4 Å². The molecule has 4 aromatic carbocycles. The van der Waals surface area contributed by atoms with E-state index in [1.54, 1.807) is 39.5 Å². The van der Waals surface area contributed by atoms with Crippen LogP contribution in [0.4, 0.5) is 28.4 Å². The van der Waals surface area contributed by atoms with Gasteiger partial charge in [0.05, 0.1) is 56.0 Å². The van der Waals surface area contributed by atoms with Crippen molar-refractivity contribution in [3.8, 4) is 23.0 Å². The number of para-hydroxylation sites is 1. The molecule has 0 aromatic heterocycles. The average Bonchev–Trinajstić information content (AvgIpc) is 3.83. The second kappa shape index (κ2) is 18.7. The van der Waals surface area contributed by atoms with Gasteiger partial charge in [0.25, 0.3) is 11.8 Å². The Labute approximate surface area is 371 Å². The first-order chi connectivity index (χ1) is 29.4. The number of ether oxygens (including phenoxy) is 4. The molecule has 0 bridgehead atoms. The molecule has 3 aliphatic heterocycles. The van der Waals surface area contributed by atoms with E-state index in [4.69, 9.17) is 23.9 Å². The SMILES string of the molecule is CC(C)(S)CCC=O.CNc1ccc2c(c1)CCN2C(=O)c1cc(OC)c(OCC(C)(C)C(C)(C)COc2cc3c(cc2OC)C(=O)N2c4ccccc4CC2C=N3)cc1NC. The van der Waals surface area contributed by atoms with Gasteiger partial charge in [0.1, 0.15) is 6.29 Å². The number of carbonyl (C=O) groups excluding carboxylic acids is 3. The maximum Gasteiger partial charge on any atom is 0.261 e. The molecular formula is C49H61N5O7S. The van der Waals surface area contributed by atoms with Crippen LogP contribution < -0.4 is 39.4 Å². The number of thiol groups is 1. The fourth-order valence-electron chi connectivity index (χ4n) is 7.64. The highest BCUT2D eigenvalue weighted by atomic mass is 32.1. The maximum absolute atomic E-state index is 13.9. The molecule has 0 spiro atoms. The highest BCUT2D eigenvalue weighted by Crippen LogP contribution is 2.45. The molecule has 62 heavy (non-hydrogen) atoms. The van der Waals surface area contributed by atoms with Gasteiger partial charge in [0, 0.05) is 84.5 Å². The molecule has 1 atom stereocenters. The molecule has 13 heteroatoms. The van der Waals surface area contributed by atoms with Gasteiger partial charge in [-0.05, 0) is 60.4 Å². The van der Waals surface area contributed by atoms with E-state index in [1.807, 2.05) is 73.3 Å². The van der Waals surface area contributed by atoms with Crippen molar-refractivity contribution in [1.29, 1.82) is 0 Å². The molecule has 7 rings (SSSR count).